The molecule has 0 N–H and O–H groups in total. The molecule has 0 amide bonds. The van der Waals surface area contributed by atoms with Gasteiger partial charge in [-0.3, -0.25) is 0 Å². The molecule has 1 aromatic rings. The zero-order chi connectivity index (χ0) is 12.6. The molecule has 0 unspecified atom stereocenters. The molecule has 17 heavy (non-hydrogen) atoms. The van der Waals surface area contributed by atoms with Crippen molar-refractivity contribution < 1.29 is 4.74 Å². The number of methoxy groups -OCH3 is 1. The minimum atomic E-state index is 0.177. The number of benzene rings is 1. The fourth-order valence-electron chi connectivity index (χ4n) is 2.94. The lowest BCUT2D eigenvalue weighted by atomic mass is 9.73. The molecule has 1 aromatic carbocycles. The molecule has 1 aliphatic rings. The lowest BCUT2D eigenvalue weighted by Gasteiger charge is -2.31. The Morgan fingerprint density at radius 2 is 2.12 bits per heavy atom. The van der Waals surface area contributed by atoms with Gasteiger partial charge >= 0.3 is 0 Å². The highest BCUT2D eigenvalue weighted by Crippen LogP contribution is 2.50. The van der Waals surface area contributed by atoms with Gasteiger partial charge in [-0.1, -0.05) is 38.1 Å². The first-order valence-electron chi connectivity index (χ1n) is 6.32. The minimum Gasteiger partial charge on any atom is -0.496 e. The summed E-state index contributed by atoms with van der Waals surface area (Å²) in [5, 5.41) is 0. The van der Waals surface area contributed by atoms with E-state index in [1.54, 1.807) is 7.11 Å². The van der Waals surface area contributed by atoms with Crippen LogP contribution in [-0.2, 0) is 5.41 Å². The van der Waals surface area contributed by atoms with Gasteiger partial charge in [0, 0.05) is 11.0 Å². The molecule has 2 atom stereocenters. The van der Waals surface area contributed by atoms with Crippen LogP contribution in [-0.4, -0.2) is 7.11 Å². The monoisotopic (exact) mass is 230 g/mol. The Balaban J connectivity index is 2.50. The second-order valence-corrected chi connectivity index (χ2v) is 5.50. The predicted octanol–water partition coefficient (Wildman–Crippen LogP) is 4.25. The van der Waals surface area contributed by atoms with Crippen molar-refractivity contribution in [2.75, 3.05) is 7.11 Å². The maximum absolute atomic E-state index is 5.56. The summed E-state index contributed by atoms with van der Waals surface area (Å²) in [5.41, 5.74) is 4.13. The topological polar surface area (TPSA) is 9.23 Å². The molecular weight excluding hydrogens is 208 g/mol. The van der Waals surface area contributed by atoms with Crippen molar-refractivity contribution in [1.82, 2.24) is 0 Å². The molecule has 1 aliphatic carbocycles. The van der Waals surface area contributed by atoms with Gasteiger partial charge in [0.05, 0.1) is 7.11 Å². The number of hydrogen-bond acceptors (Lipinski definition) is 1. The molecule has 1 nitrogen and oxygen atoms in total. The van der Waals surface area contributed by atoms with Crippen LogP contribution in [0.15, 0.2) is 30.4 Å². The Hall–Kier alpha value is -1.24. The number of hydrogen-bond donors (Lipinski definition) is 0. The Morgan fingerprint density at radius 3 is 2.65 bits per heavy atom. The maximum atomic E-state index is 5.56. The van der Waals surface area contributed by atoms with Gasteiger partial charge in [0.15, 0.2) is 0 Å². The highest BCUT2D eigenvalue weighted by Gasteiger charge is 2.41. The largest absolute Gasteiger partial charge is 0.496 e. The zero-order valence-electron chi connectivity index (χ0n) is 11.3. The van der Waals surface area contributed by atoms with Crippen LogP contribution >= 0.6 is 0 Å². The van der Waals surface area contributed by atoms with Gasteiger partial charge in [-0.15, -0.1) is 0 Å². The maximum Gasteiger partial charge on any atom is 0.122 e. The van der Waals surface area contributed by atoms with E-state index >= 15 is 0 Å². The van der Waals surface area contributed by atoms with Crippen molar-refractivity contribution in [2.45, 2.75) is 39.0 Å². The molecule has 2 rings (SSSR count). The molecule has 92 valence electrons. The molecule has 0 aromatic heterocycles. The molecular formula is C16H22O. The van der Waals surface area contributed by atoms with Crippen molar-refractivity contribution in [3.63, 3.8) is 0 Å². The van der Waals surface area contributed by atoms with Crippen LogP contribution in [0.2, 0.25) is 0 Å². The van der Waals surface area contributed by atoms with Crippen LogP contribution in [0, 0.1) is 12.8 Å². The number of rotatable bonds is 2. The van der Waals surface area contributed by atoms with Crippen LogP contribution in [0.3, 0.4) is 0 Å². The second kappa shape index (κ2) is 4.21. The SMILES string of the molecule is C=C1CC[C@@](C)(c2ccc(C)cc2OC)[C@H]1C. The zero-order valence-corrected chi connectivity index (χ0v) is 11.3. The fraction of sp³-hybridized carbons (Fsp3) is 0.500. The van der Waals surface area contributed by atoms with E-state index in [-0.39, 0.29) is 5.41 Å². The summed E-state index contributed by atoms with van der Waals surface area (Å²) in [7, 11) is 1.76. The molecule has 0 saturated heterocycles. The van der Waals surface area contributed by atoms with E-state index in [4.69, 9.17) is 4.74 Å². The normalized spacial score (nSPS) is 28.5. The first-order valence-corrected chi connectivity index (χ1v) is 6.32. The van der Waals surface area contributed by atoms with E-state index in [0.29, 0.717) is 5.92 Å². The third-order valence-corrected chi connectivity index (χ3v) is 4.51. The van der Waals surface area contributed by atoms with Gasteiger partial charge in [0.2, 0.25) is 0 Å². The number of allylic oxidation sites excluding steroid dienone is 1. The lowest BCUT2D eigenvalue weighted by Crippen LogP contribution is -2.26. The van der Waals surface area contributed by atoms with Crippen molar-refractivity contribution in [3.05, 3.63) is 41.5 Å². The molecule has 1 heteroatoms. The van der Waals surface area contributed by atoms with Gasteiger partial charge in [-0.25, -0.2) is 0 Å². The molecule has 1 fully saturated rings. The predicted molar refractivity (Wildman–Crippen MR) is 72.6 cm³/mol. The molecule has 1 saturated carbocycles. The highest BCUT2D eigenvalue weighted by molar-refractivity contribution is 5.45. The Labute approximate surface area is 104 Å². The summed E-state index contributed by atoms with van der Waals surface area (Å²) >= 11 is 0. The molecule has 0 radical (unpaired) electrons. The Morgan fingerprint density at radius 1 is 1.41 bits per heavy atom. The quantitative estimate of drug-likeness (QED) is 0.690. The van der Waals surface area contributed by atoms with Gasteiger partial charge in [0.25, 0.3) is 0 Å². The third-order valence-electron chi connectivity index (χ3n) is 4.51. The van der Waals surface area contributed by atoms with E-state index in [1.807, 2.05) is 0 Å². The van der Waals surface area contributed by atoms with Crippen LogP contribution in [0.5, 0.6) is 5.75 Å². The number of aryl methyl sites for hydroxylation is 1. The standard InChI is InChI=1S/C16H22O/c1-11-6-7-14(15(10-11)17-5)16(4)9-8-12(2)13(16)3/h6-7,10,13H,2,8-9H2,1,3-5H3/t13-,16+/m0/s1. The summed E-state index contributed by atoms with van der Waals surface area (Å²) in [6.07, 6.45) is 2.31. The third kappa shape index (κ3) is 1.88. The van der Waals surface area contributed by atoms with Crippen LogP contribution in [0.1, 0.15) is 37.8 Å². The molecule has 0 heterocycles. The van der Waals surface area contributed by atoms with E-state index in [9.17, 15) is 0 Å². The van der Waals surface area contributed by atoms with Gasteiger partial charge in [-0.2, -0.15) is 0 Å². The molecule has 0 bridgehead atoms. The first-order chi connectivity index (χ1) is 7.99. The average Bonchev–Trinajstić information content (AvgIpc) is 2.58. The van der Waals surface area contributed by atoms with E-state index in [2.05, 4.69) is 45.5 Å². The first kappa shape index (κ1) is 12.2. The summed E-state index contributed by atoms with van der Waals surface area (Å²) in [6.45, 7) is 10.9. The Bertz CT molecular complexity index is 447. The number of ether oxygens (including phenoxy) is 1. The highest BCUT2D eigenvalue weighted by atomic mass is 16.5. The van der Waals surface area contributed by atoms with E-state index in [0.717, 1.165) is 12.2 Å². The summed E-state index contributed by atoms with van der Waals surface area (Å²) in [5.74, 6) is 1.55. The van der Waals surface area contributed by atoms with Crippen molar-refractivity contribution in [3.8, 4) is 5.75 Å². The van der Waals surface area contributed by atoms with E-state index < -0.39 is 0 Å². The summed E-state index contributed by atoms with van der Waals surface area (Å²) in [4.78, 5) is 0. The average molecular weight is 230 g/mol. The van der Waals surface area contributed by atoms with Gasteiger partial charge in [0.1, 0.15) is 5.75 Å². The van der Waals surface area contributed by atoms with E-state index in [1.165, 1.54) is 23.1 Å². The van der Waals surface area contributed by atoms with Crippen molar-refractivity contribution >= 4 is 0 Å². The Kier molecular flexibility index (Phi) is 3.03. The van der Waals surface area contributed by atoms with Crippen LogP contribution in [0.25, 0.3) is 0 Å². The fourth-order valence-corrected chi connectivity index (χ4v) is 2.94. The van der Waals surface area contributed by atoms with Gasteiger partial charge < -0.3 is 4.74 Å². The van der Waals surface area contributed by atoms with Crippen molar-refractivity contribution in [1.29, 1.82) is 0 Å². The molecule has 0 spiro atoms. The van der Waals surface area contributed by atoms with Crippen LogP contribution in [0.4, 0.5) is 0 Å². The second-order valence-electron chi connectivity index (χ2n) is 5.50. The summed E-state index contributed by atoms with van der Waals surface area (Å²) in [6, 6.07) is 6.54. The minimum absolute atomic E-state index is 0.177. The summed E-state index contributed by atoms with van der Waals surface area (Å²) < 4.78 is 5.56. The van der Waals surface area contributed by atoms with Crippen LogP contribution < -0.4 is 4.74 Å². The van der Waals surface area contributed by atoms with Crippen molar-refractivity contribution in [2.24, 2.45) is 5.92 Å². The van der Waals surface area contributed by atoms with Gasteiger partial charge in [-0.05, 0) is 37.3 Å². The smallest absolute Gasteiger partial charge is 0.122 e. The molecule has 0 aliphatic heterocycles. The lowest BCUT2D eigenvalue weighted by molar-refractivity contribution is 0.355.